The summed E-state index contributed by atoms with van der Waals surface area (Å²) in [7, 11) is 0. The van der Waals surface area contributed by atoms with Crippen LogP contribution in [0, 0.1) is 0 Å². The van der Waals surface area contributed by atoms with E-state index >= 15 is 0 Å². The van der Waals surface area contributed by atoms with Crippen molar-refractivity contribution in [1.29, 1.82) is 0 Å². The minimum atomic E-state index is 0.683. The molecule has 230 valence electrons. The molecule has 0 bridgehead atoms. The molecule has 0 fully saturated rings. The number of thiophene rings is 1. The number of rotatable bonds is 6. The minimum absolute atomic E-state index is 0.683. The first-order valence-corrected chi connectivity index (χ1v) is 17.2. The molecular formula is C45H29N3S. The molecular weight excluding hydrogens is 615 g/mol. The number of hydrogen-bond acceptors (Lipinski definition) is 4. The number of pyridine rings is 1. The smallest absolute Gasteiger partial charge is 0.160 e. The topological polar surface area (TPSA) is 38.7 Å². The van der Waals surface area contributed by atoms with Crippen molar-refractivity contribution in [3.63, 3.8) is 0 Å². The Labute approximate surface area is 288 Å². The van der Waals surface area contributed by atoms with E-state index in [0.717, 1.165) is 44.8 Å². The number of aromatic nitrogens is 3. The normalized spacial score (nSPS) is 11.3. The van der Waals surface area contributed by atoms with Crippen LogP contribution in [0.3, 0.4) is 0 Å². The van der Waals surface area contributed by atoms with Crippen LogP contribution >= 0.6 is 11.3 Å². The SMILES string of the molecule is c1ccc(-c2ccc(-c3cc(-c4cc(-c5cccnc5)nc(-c5ccccc5)n4)cc(-c4cccc5c4sc4ccccc45)c3)cc2)cc1. The molecule has 6 aromatic carbocycles. The number of hydrogen-bond donors (Lipinski definition) is 0. The third kappa shape index (κ3) is 5.58. The van der Waals surface area contributed by atoms with E-state index < -0.39 is 0 Å². The van der Waals surface area contributed by atoms with E-state index in [2.05, 4.69) is 138 Å². The average molecular weight is 644 g/mol. The Balaban J connectivity index is 1.26. The Morgan fingerprint density at radius 3 is 1.73 bits per heavy atom. The van der Waals surface area contributed by atoms with Gasteiger partial charge in [-0.1, -0.05) is 121 Å². The van der Waals surface area contributed by atoms with Gasteiger partial charge in [0.2, 0.25) is 0 Å². The van der Waals surface area contributed by atoms with Crippen LogP contribution in [0.4, 0.5) is 0 Å². The lowest BCUT2D eigenvalue weighted by Gasteiger charge is -2.14. The molecule has 0 spiro atoms. The molecule has 0 saturated heterocycles. The molecule has 0 atom stereocenters. The van der Waals surface area contributed by atoms with E-state index in [-0.39, 0.29) is 0 Å². The first-order valence-electron chi connectivity index (χ1n) is 16.3. The van der Waals surface area contributed by atoms with Crippen LogP contribution in [0.5, 0.6) is 0 Å². The van der Waals surface area contributed by atoms with Crippen molar-refractivity contribution < 1.29 is 0 Å². The molecule has 0 aliphatic rings. The third-order valence-electron chi connectivity index (χ3n) is 8.98. The Kier molecular flexibility index (Phi) is 7.34. The average Bonchev–Trinajstić information content (AvgIpc) is 3.58. The lowest BCUT2D eigenvalue weighted by Crippen LogP contribution is -1.96. The van der Waals surface area contributed by atoms with Crippen molar-refractivity contribution in [2.75, 3.05) is 0 Å². The fraction of sp³-hybridized carbons (Fsp3) is 0. The molecule has 3 aromatic heterocycles. The lowest BCUT2D eigenvalue weighted by molar-refractivity contribution is 1.18. The van der Waals surface area contributed by atoms with E-state index in [4.69, 9.17) is 9.97 Å². The van der Waals surface area contributed by atoms with Gasteiger partial charge in [-0.05, 0) is 75.8 Å². The summed E-state index contributed by atoms with van der Waals surface area (Å²) in [5.41, 5.74) is 11.7. The second-order valence-electron chi connectivity index (χ2n) is 12.1. The Hall–Kier alpha value is -6.23. The van der Waals surface area contributed by atoms with E-state index in [1.54, 1.807) is 6.20 Å². The highest BCUT2D eigenvalue weighted by atomic mass is 32.1. The summed E-state index contributed by atoms with van der Waals surface area (Å²) in [5.74, 6) is 0.683. The zero-order valence-electron chi connectivity index (χ0n) is 26.5. The maximum Gasteiger partial charge on any atom is 0.160 e. The minimum Gasteiger partial charge on any atom is -0.264 e. The van der Waals surface area contributed by atoms with Gasteiger partial charge in [0, 0.05) is 49.3 Å². The molecule has 0 aliphatic heterocycles. The zero-order valence-corrected chi connectivity index (χ0v) is 27.3. The fourth-order valence-electron chi connectivity index (χ4n) is 6.53. The van der Waals surface area contributed by atoms with E-state index in [1.807, 2.05) is 47.9 Å². The molecule has 0 saturated carbocycles. The van der Waals surface area contributed by atoms with Crippen molar-refractivity contribution in [2.24, 2.45) is 0 Å². The van der Waals surface area contributed by atoms with Crippen molar-refractivity contribution in [3.8, 4) is 67.3 Å². The van der Waals surface area contributed by atoms with Crippen LogP contribution in [-0.2, 0) is 0 Å². The van der Waals surface area contributed by atoms with E-state index in [9.17, 15) is 0 Å². The number of nitrogens with zero attached hydrogens (tertiary/aromatic N) is 3. The molecule has 0 amide bonds. The first-order chi connectivity index (χ1) is 24.3. The zero-order chi connectivity index (χ0) is 32.6. The van der Waals surface area contributed by atoms with Gasteiger partial charge in [0.15, 0.2) is 5.82 Å². The van der Waals surface area contributed by atoms with Crippen molar-refractivity contribution in [3.05, 3.63) is 176 Å². The molecule has 3 nitrogen and oxygen atoms in total. The second-order valence-corrected chi connectivity index (χ2v) is 13.1. The quantitative estimate of drug-likeness (QED) is 0.181. The highest BCUT2D eigenvalue weighted by Gasteiger charge is 2.16. The molecule has 0 N–H and O–H groups in total. The maximum atomic E-state index is 5.19. The second kappa shape index (κ2) is 12.4. The van der Waals surface area contributed by atoms with Gasteiger partial charge in [-0.25, -0.2) is 9.97 Å². The van der Waals surface area contributed by atoms with Gasteiger partial charge in [0.25, 0.3) is 0 Å². The van der Waals surface area contributed by atoms with Gasteiger partial charge >= 0.3 is 0 Å². The number of benzene rings is 6. The fourth-order valence-corrected chi connectivity index (χ4v) is 7.77. The van der Waals surface area contributed by atoms with Crippen LogP contribution in [0.1, 0.15) is 0 Å². The highest BCUT2D eigenvalue weighted by Crippen LogP contribution is 2.42. The molecule has 3 heterocycles. The molecule has 0 aliphatic carbocycles. The van der Waals surface area contributed by atoms with Gasteiger partial charge in [0.05, 0.1) is 11.4 Å². The van der Waals surface area contributed by atoms with Crippen molar-refractivity contribution in [1.82, 2.24) is 15.0 Å². The first kappa shape index (κ1) is 29.0. The monoisotopic (exact) mass is 643 g/mol. The number of fused-ring (bicyclic) bond motifs is 3. The Morgan fingerprint density at radius 2 is 0.980 bits per heavy atom. The highest BCUT2D eigenvalue weighted by molar-refractivity contribution is 7.26. The van der Waals surface area contributed by atoms with Crippen LogP contribution in [-0.4, -0.2) is 15.0 Å². The standard InChI is InChI=1S/C45H29N3S/c1-3-11-30(12-4-1)31-20-22-32(23-21-31)35-25-36(38-17-9-18-40-39-16-7-8-19-43(39)49-44(38)40)27-37(26-35)42-28-41(34-15-10-24-46-29-34)47-45(48-42)33-13-5-2-6-14-33/h1-29H. The predicted octanol–water partition coefficient (Wildman–Crippen LogP) is 12.2. The van der Waals surface area contributed by atoms with Crippen molar-refractivity contribution >= 4 is 31.5 Å². The summed E-state index contributed by atoms with van der Waals surface area (Å²) in [6.07, 6.45) is 3.65. The Morgan fingerprint density at radius 1 is 0.388 bits per heavy atom. The maximum absolute atomic E-state index is 5.19. The van der Waals surface area contributed by atoms with Crippen LogP contribution in [0.2, 0.25) is 0 Å². The van der Waals surface area contributed by atoms with Gasteiger partial charge < -0.3 is 0 Å². The molecule has 0 radical (unpaired) electrons. The van der Waals surface area contributed by atoms with Gasteiger partial charge in [0.1, 0.15) is 0 Å². The molecule has 0 unspecified atom stereocenters. The Bertz CT molecular complexity index is 2520. The summed E-state index contributed by atoms with van der Waals surface area (Å²) in [6.45, 7) is 0. The van der Waals surface area contributed by atoms with E-state index in [0.29, 0.717) is 5.82 Å². The van der Waals surface area contributed by atoms with Crippen LogP contribution < -0.4 is 0 Å². The van der Waals surface area contributed by atoms with Gasteiger partial charge in [-0.15, -0.1) is 11.3 Å². The summed E-state index contributed by atoms with van der Waals surface area (Å²) >= 11 is 1.85. The van der Waals surface area contributed by atoms with Crippen molar-refractivity contribution in [2.45, 2.75) is 0 Å². The van der Waals surface area contributed by atoms with Crippen LogP contribution in [0.25, 0.3) is 87.5 Å². The molecule has 9 aromatic rings. The molecule has 49 heavy (non-hydrogen) atoms. The predicted molar refractivity (Wildman–Crippen MR) is 205 cm³/mol. The van der Waals surface area contributed by atoms with E-state index in [1.165, 1.54) is 36.9 Å². The van der Waals surface area contributed by atoms with Crippen LogP contribution in [0.15, 0.2) is 176 Å². The lowest BCUT2D eigenvalue weighted by atomic mass is 9.93. The molecule has 9 rings (SSSR count). The van der Waals surface area contributed by atoms with Gasteiger partial charge in [-0.2, -0.15) is 0 Å². The van der Waals surface area contributed by atoms with Gasteiger partial charge in [-0.3, -0.25) is 4.98 Å². The third-order valence-corrected chi connectivity index (χ3v) is 10.2. The summed E-state index contributed by atoms with van der Waals surface area (Å²) in [5, 5.41) is 2.58. The molecule has 4 heteroatoms. The summed E-state index contributed by atoms with van der Waals surface area (Å²) in [4.78, 5) is 14.6. The summed E-state index contributed by atoms with van der Waals surface area (Å²) < 4.78 is 2.58. The summed E-state index contributed by atoms with van der Waals surface area (Å²) in [6, 6.07) is 57.9. The largest absolute Gasteiger partial charge is 0.264 e.